The van der Waals surface area contributed by atoms with Crippen LogP contribution in [0.3, 0.4) is 0 Å². The van der Waals surface area contributed by atoms with Crippen LogP contribution in [-0.2, 0) is 16.0 Å². The van der Waals surface area contributed by atoms with Crippen LogP contribution in [0.5, 0.6) is 0 Å². The first-order valence-corrected chi connectivity index (χ1v) is 11.7. The fraction of sp³-hybridized carbons (Fsp3) is 0.625. The minimum Gasteiger partial charge on any atom is -0.462 e. The highest BCUT2D eigenvalue weighted by Gasteiger charge is 2.26. The predicted octanol–water partition coefficient (Wildman–Crippen LogP) is 6.31. The van der Waals surface area contributed by atoms with Crippen molar-refractivity contribution in [2.45, 2.75) is 66.2 Å². The van der Waals surface area contributed by atoms with Gasteiger partial charge < -0.3 is 9.22 Å². The van der Waals surface area contributed by atoms with Crippen molar-refractivity contribution < 1.29 is 14.0 Å². The summed E-state index contributed by atoms with van der Waals surface area (Å²) in [7, 11) is 0. The van der Waals surface area contributed by atoms with Gasteiger partial charge in [0.2, 0.25) is 0 Å². The number of quaternary nitrogens is 1. The number of hydrogen-bond acceptors (Lipinski definition) is 2. The number of halogens is 1. The van der Waals surface area contributed by atoms with Gasteiger partial charge >= 0.3 is 5.97 Å². The van der Waals surface area contributed by atoms with Crippen LogP contribution in [0.15, 0.2) is 40.4 Å². The number of hydrogen-bond donors (Lipinski definition) is 0. The standard InChI is InChI=1S/C24H39BrNO2/c1-5-8-9-10-13-18-28-24(27)20-26(6-2,7-3)17-16-21(4)19-22-14-11-12-15-23(22)25/h11-12,14-16H,5-10,13,17-20H2,1-4H3/q+1/b21-16-. The first-order valence-electron chi connectivity index (χ1n) is 10.9. The van der Waals surface area contributed by atoms with Gasteiger partial charge in [0.1, 0.15) is 0 Å². The Balaban J connectivity index is 2.54. The summed E-state index contributed by atoms with van der Waals surface area (Å²) in [6.45, 7) is 12.5. The van der Waals surface area contributed by atoms with E-state index in [9.17, 15) is 4.79 Å². The molecule has 1 rings (SSSR count). The Morgan fingerprint density at radius 2 is 1.75 bits per heavy atom. The second-order valence-corrected chi connectivity index (χ2v) is 8.62. The molecule has 0 unspecified atom stereocenters. The molecule has 0 fully saturated rings. The molecule has 0 heterocycles. The molecule has 1 aromatic rings. The van der Waals surface area contributed by atoms with E-state index in [0.29, 0.717) is 13.2 Å². The fourth-order valence-electron chi connectivity index (χ4n) is 3.34. The highest BCUT2D eigenvalue weighted by atomic mass is 79.9. The molecular weight excluding hydrogens is 414 g/mol. The number of ether oxygens (including phenoxy) is 1. The lowest BCUT2D eigenvalue weighted by atomic mass is 10.1. The van der Waals surface area contributed by atoms with E-state index in [-0.39, 0.29) is 5.97 Å². The summed E-state index contributed by atoms with van der Waals surface area (Å²) in [5.74, 6) is -0.0592. The van der Waals surface area contributed by atoms with Crippen molar-refractivity contribution in [1.82, 2.24) is 0 Å². The number of carbonyl (C=O) groups is 1. The highest BCUT2D eigenvalue weighted by Crippen LogP contribution is 2.19. The van der Waals surface area contributed by atoms with E-state index in [1.807, 2.05) is 6.07 Å². The van der Waals surface area contributed by atoms with E-state index in [1.54, 1.807) is 0 Å². The number of benzene rings is 1. The first-order chi connectivity index (χ1) is 13.5. The molecule has 0 saturated heterocycles. The van der Waals surface area contributed by atoms with E-state index in [4.69, 9.17) is 4.74 Å². The maximum atomic E-state index is 12.4. The predicted molar refractivity (Wildman–Crippen MR) is 122 cm³/mol. The summed E-state index contributed by atoms with van der Waals surface area (Å²) in [4.78, 5) is 12.4. The molecule has 0 saturated carbocycles. The van der Waals surface area contributed by atoms with E-state index in [1.165, 1.54) is 30.4 Å². The molecule has 4 heteroatoms. The average molecular weight is 453 g/mol. The van der Waals surface area contributed by atoms with Crippen LogP contribution in [0.25, 0.3) is 0 Å². The third kappa shape index (κ3) is 9.38. The Kier molecular flexibility index (Phi) is 12.4. The number of carbonyl (C=O) groups excluding carboxylic acids is 1. The Bertz CT molecular complexity index is 608. The van der Waals surface area contributed by atoms with Gasteiger partial charge in [-0.25, -0.2) is 4.79 Å². The largest absolute Gasteiger partial charge is 0.462 e. The van der Waals surface area contributed by atoms with Crippen LogP contribution in [0, 0.1) is 0 Å². The Morgan fingerprint density at radius 1 is 1.07 bits per heavy atom. The SMILES string of the molecule is CCCCCCCOC(=O)C[N+](CC)(CC)C/C=C(/C)Cc1ccccc1Br. The Hall–Kier alpha value is -1.13. The molecule has 0 aliphatic rings. The van der Waals surface area contributed by atoms with Crippen molar-refractivity contribution in [3.05, 3.63) is 46.0 Å². The maximum absolute atomic E-state index is 12.4. The van der Waals surface area contributed by atoms with Gasteiger partial charge in [0.25, 0.3) is 0 Å². The molecule has 1 aromatic carbocycles. The molecule has 0 N–H and O–H groups in total. The monoisotopic (exact) mass is 452 g/mol. The van der Waals surface area contributed by atoms with Crippen LogP contribution in [0.2, 0.25) is 0 Å². The van der Waals surface area contributed by atoms with Gasteiger partial charge in [-0.2, -0.15) is 0 Å². The van der Waals surface area contributed by atoms with Gasteiger partial charge in [0.05, 0.1) is 26.2 Å². The smallest absolute Gasteiger partial charge is 0.361 e. The van der Waals surface area contributed by atoms with Gasteiger partial charge in [-0.05, 0) is 51.3 Å². The number of likely N-dealkylation sites (N-methyl/N-ethyl adjacent to an activating group) is 1. The molecule has 0 aliphatic carbocycles. The van der Waals surface area contributed by atoms with E-state index in [0.717, 1.165) is 47.9 Å². The van der Waals surface area contributed by atoms with Crippen LogP contribution in [0.4, 0.5) is 0 Å². The van der Waals surface area contributed by atoms with Crippen molar-refractivity contribution >= 4 is 21.9 Å². The van der Waals surface area contributed by atoms with Gasteiger partial charge in [-0.1, -0.05) is 72.3 Å². The van der Waals surface area contributed by atoms with Crippen LogP contribution in [0.1, 0.15) is 65.4 Å². The number of allylic oxidation sites excluding steroid dienone is 1. The average Bonchev–Trinajstić information content (AvgIpc) is 2.69. The zero-order chi connectivity index (χ0) is 20.8. The summed E-state index contributed by atoms with van der Waals surface area (Å²) in [5.41, 5.74) is 2.63. The molecule has 0 atom stereocenters. The zero-order valence-corrected chi connectivity index (χ0v) is 19.9. The molecule has 0 aromatic heterocycles. The summed E-state index contributed by atoms with van der Waals surface area (Å²) in [6, 6.07) is 8.35. The fourth-order valence-corrected chi connectivity index (χ4v) is 3.77. The number of esters is 1. The van der Waals surface area contributed by atoms with E-state index >= 15 is 0 Å². The van der Waals surface area contributed by atoms with Crippen molar-refractivity contribution in [3.63, 3.8) is 0 Å². The summed E-state index contributed by atoms with van der Waals surface area (Å²) < 4.78 is 7.42. The Morgan fingerprint density at radius 3 is 2.39 bits per heavy atom. The lowest BCUT2D eigenvalue weighted by Gasteiger charge is -2.35. The summed E-state index contributed by atoms with van der Waals surface area (Å²) in [6.07, 6.45) is 9.10. The van der Waals surface area contributed by atoms with Crippen molar-refractivity contribution in [2.24, 2.45) is 0 Å². The molecule has 0 aliphatic heterocycles. The lowest BCUT2D eigenvalue weighted by Crippen LogP contribution is -2.51. The number of nitrogens with zero attached hydrogens (tertiary/aromatic N) is 1. The second kappa shape index (κ2) is 13.9. The highest BCUT2D eigenvalue weighted by molar-refractivity contribution is 9.10. The van der Waals surface area contributed by atoms with E-state index < -0.39 is 0 Å². The molecular formula is C24H39BrNO2+. The number of rotatable bonds is 14. The number of unbranched alkanes of at least 4 members (excludes halogenated alkanes) is 4. The van der Waals surface area contributed by atoms with Crippen LogP contribution in [-0.4, -0.2) is 43.2 Å². The summed E-state index contributed by atoms with van der Waals surface area (Å²) in [5, 5.41) is 0. The molecule has 0 amide bonds. The molecule has 3 nitrogen and oxygen atoms in total. The second-order valence-electron chi connectivity index (χ2n) is 7.77. The zero-order valence-electron chi connectivity index (χ0n) is 18.3. The molecule has 0 spiro atoms. The van der Waals surface area contributed by atoms with Crippen LogP contribution < -0.4 is 0 Å². The van der Waals surface area contributed by atoms with Gasteiger partial charge in [-0.3, -0.25) is 0 Å². The molecule has 158 valence electrons. The topological polar surface area (TPSA) is 26.3 Å². The quantitative estimate of drug-likeness (QED) is 0.143. The molecule has 28 heavy (non-hydrogen) atoms. The summed E-state index contributed by atoms with van der Waals surface area (Å²) >= 11 is 3.63. The van der Waals surface area contributed by atoms with Crippen molar-refractivity contribution in [3.8, 4) is 0 Å². The van der Waals surface area contributed by atoms with Gasteiger partial charge in [0, 0.05) is 4.47 Å². The first kappa shape index (κ1) is 24.9. The van der Waals surface area contributed by atoms with Crippen LogP contribution >= 0.6 is 15.9 Å². The normalized spacial score (nSPS) is 12.2. The minimum absolute atomic E-state index is 0.0592. The minimum atomic E-state index is -0.0592. The molecule has 0 radical (unpaired) electrons. The van der Waals surface area contributed by atoms with Crippen molar-refractivity contribution in [1.29, 1.82) is 0 Å². The maximum Gasteiger partial charge on any atom is 0.361 e. The lowest BCUT2D eigenvalue weighted by molar-refractivity contribution is -0.912. The van der Waals surface area contributed by atoms with Gasteiger partial charge in [0.15, 0.2) is 6.54 Å². The van der Waals surface area contributed by atoms with E-state index in [2.05, 4.69) is 67.9 Å². The Labute approximate surface area is 180 Å². The third-order valence-corrected chi connectivity index (χ3v) is 6.34. The third-order valence-electron chi connectivity index (χ3n) is 5.57. The molecule has 0 bridgehead atoms. The van der Waals surface area contributed by atoms with Crippen molar-refractivity contribution in [2.75, 3.05) is 32.8 Å². The van der Waals surface area contributed by atoms with Gasteiger partial charge in [-0.15, -0.1) is 0 Å².